The zero-order valence-corrected chi connectivity index (χ0v) is 10.1. The summed E-state index contributed by atoms with van der Waals surface area (Å²) >= 11 is 0. The minimum absolute atomic E-state index is 0.855. The van der Waals surface area contributed by atoms with Crippen molar-refractivity contribution < 1.29 is 0 Å². The topological polar surface area (TPSA) is 26.0 Å². The lowest BCUT2D eigenvalue weighted by Gasteiger charge is -1.90. The monoisotopic (exact) mass is 187 g/mol. The van der Waals surface area contributed by atoms with Gasteiger partial charge in [0.2, 0.25) is 0 Å². The van der Waals surface area contributed by atoms with Crippen LogP contribution in [0.2, 0.25) is 0 Å². The van der Waals surface area contributed by atoms with Gasteiger partial charge in [-0.25, -0.2) is 0 Å². The summed E-state index contributed by atoms with van der Waals surface area (Å²) in [6, 6.07) is 0. The number of hydrogen-bond acceptors (Lipinski definition) is 1. The van der Waals surface area contributed by atoms with Gasteiger partial charge in [-0.15, -0.1) is 13.2 Å². The maximum absolute atomic E-state index is 5.21. The van der Waals surface area contributed by atoms with Crippen molar-refractivity contribution >= 4 is 0 Å². The minimum Gasteiger partial charge on any atom is -0.330 e. The largest absolute Gasteiger partial charge is 0.330 e. The van der Waals surface area contributed by atoms with Crippen molar-refractivity contribution in [2.45, 2.75) is 53.4 Å². The zero-order valence-electron chi connectivity index (χ0n) is 10.1. The van der Waals surface area contributed by atoms with Crippen LogP contribution in [0.5, 0.6) is 0 Å². The maximum Gasteiger partial charge on any atom is -0.00773 e. The molecule has 0 heterocycles. The fourth-order valence-corrected chi connectivity index (χ4v) is 0.394. The minimum atomic E-state index is 0.855. The molecule has 0 aromatic heterocycles. The Labute approximate surface area is 85.4 Å². The molecule has 1 nitrogen and oxygen atoms in total. The predicted molar refractivity (Wildman–Crippen MR) is 65.0 cm³/mol. The van der Waals surface area contributed by atoms with Crippen molar-refractivity contribution in [2.24, 2.45) is 11.7 Å². The molecule has 0 aliphatic rings. The molecule has 0 aliphatic carbocycles. The van der Waals surface area contributed by atoms with Crippen molar-refractivity contribution in [1.29, 1.82) is 0 Å². The Bertz CT molecular complexity index is 56.1. The first kappa shape index (κ1) is 18.5. The Morgan fingerprint density at radius 1 is 1.08 bits per heavy atom. The van der Waals surface area contributed by atoms with Crippen LogP contribution in [0.25, 0.3) is 0 Å². The first-order valence-electron chi connectivity index (χ1n) is 5.39. The third-order valence-electron chi connectivity index (χ3n) is 1.62. The summed E-state index contributed by atoms with van der Waals surface area (Å²) in [5.74, 6) is 0.884. The molecule has 0 amide bonds. The van der Waals surface area contributed by atoms with Crippen molar-refractivity contribution in [3.05, 3.63) is 13.2 Å². The lowest BCUT2D eigenvalue weighted by atomic mass is 10.2. The van der Waals surface area contributed by atoms with Crippen LogP contribution in [0.15, 0.2) is 13.2 Å². The highest BCUT2D eigenvalue weighted by Crippen LogP contribution is 1.93. The third kappa shape index (κ3) is 49.8. The highest BCUT2D eigenvalue weighted by molar-refractivity contribution is 4.35. The SMILES string of the molecule is C=C.CCC(C)C.CCCCCN. The predicted octanol–water partition coefficient (Wildman–Crippen LogP) is 3.99. The molecule has 0 rings (SSSR count). The second-order valence-corrected chi connectivity index (χ2v) is 3.30. The van der Waals surface area contributed by atoms with Gasteiger partial charge in [-0.3, -0.25) is 0 Å². The van der Waals surface area contributed by atoms with Crippen LogP contribution in [0.3, 0.4) is 0 Å². The number of rotatable bonds is 4. The fourth-order valence-electron chi connectivity index (χ4n) is 0.394. The molecule has 0 aromatic rings. The summed E-state index contributed by atoms with van der Waals surface area (Å²) in [7, 11) is 0. The van der Waals surface area contributed by atoms with Gasteiger partial charge >= 0.3 is 0 Å². The summed E-state index contributed by atoms with van der Waals surface area (Å²) in [5.41, 5.74) is 5.21. The van der Waals surface area contributed by atoms with Gasteiger partial charge < -0.3 is 5.73 Å². The highest BCUT2D eigenvalue weighted by atomic mass is 14.5. The van der Waals surface area contributed by atoms with E-state index in [1.165, 1.54) is 25.7 Å². The molecule has 0 saturated carbocycles. The molecule has 0 saturated heterocycles. The Morgan fingerprint density at radius 2 is 1.46 bits per heavy atom. The van der Waals surface area contributed by atoms with Gasteiger partial charge in [-0.05, 0) is 18.9 Å². The van der Waals surface area contributed by atoms with E-state index in [0.717, 1.165) is 12.5 Å². The van der Waals surface area contributed by atoms with E-state index in [2.05, 4.69) is 40.9 Å². The van der Waals surface area contributed by atoms with Gasteiger partial charge in [0.1, 0.15) is 0 Å². The van der Waals surface area contributed by atoms with Crippen LogP contribution in [0.4, 0.5) is 0 Å². The van der Waals surface area contributed by atoms with E-state index in [1.54, 1.807) is 0 Å². The average molecular weight is 187 g/mol. The highest BCUT2D eigenvalue weighted by Gasteiger charge is 1.80. The number of unbranched alkanes of at least 4 members (excludes halogenated alkanes) is 2. The molecule has 0 spiro atoms. The Hall–Kier alpha value is -0.300. The van der Waals surface area contributed by atoms with Gasteiger partial charge in [0.25, 0.3) is 0 Å². The molecule has 0 bridgehead atoms. The molecule has 0 fully saturated rings. The summed E-state index contributed by atoms with van der Waals surface area (Å²) in [6.07, 6.45) is 5.06. The molecule has 13 heavy (non-hydrogen) atoms. The van der Waals surface area contributed by atoms with E-state index in [-0.39, 0.29) is 0 Å². The van der Waals surface area contributed by atoms with Crippen molar-refractivity contribution in [2.75, 3.05) is 6.54 Å². The average Bonchev–Trinajstić information content (AvgIpc) is 2.18. The summed E-state index contributed by atoms with van der Waals surface area (Å²) in [6.45, 7) is 15.7. The van der Waals surface area contributed by atoms with E-state index >= 15 is 0 Å². The van der Waals surface area contributed by atoms with Crippen LogP contribution in [-0.4, -0.2) is 6.54 Å². The molecular formula is C12H29N. The molecular weight excluding hydrogens is 158 g/mol. The molecule has 82 valence electrons. The second kappa shape index (κ2) is 22.6. The van der Waals surface area contributed by atoms with E-state index in [9.17, 15) is 0 Å². The molecule has 0 radical (unpaired) electrons. The van der Waals surface area contributed by atoms with Gasteiger partial charge in [0.15, 0.2) is 0 Å². The molecule has 0 atom stereocenters. The van der Waals surface area contributed by atoms with Gasteiger partial charge in [0, 0.05) is 0 Å². The normalized spacial score (nSPS) is 8.15. The van der Waals surface area contributed by atoms with Crippen LogP contribution in [0, 0.1) is 5.92 Å². The van der Waals surface area contributed by atoms with E-state index in [1.807, 2.05) is 0 Å². The Morgan fingerprint density at radius 3 is 1.54 bits per heavy atom. The zero-order chi connectivity index (χ0) is 11.1. The molecule has 1 heteroatoms. The fraction of sp³-hybridized carbons (Fsp3) is 0.833. The lowest BCUT2D eigenvalue weighted by molar-refractivity contribution is 0.626. The summed E-state index contributed by atoms with van der Waals surface area (Å²) in [5, 5.41) is 0. The maximum atomic E-state index is 5.21. The van der Waals surface area contributed by atoms with Crippen LogP contribution in [-0.2, 0) is 0 Å². The lowest BCUT2D eigenvalue weighted by Crippen LogP contribution is -1.96. The second-order valence-electron chi connectivity index (χ2n) is 3.30. The molecule has 0 aromatic carbocycles. The van der Waals surface area contributed by atoms with Crippen molar-refractivity contribution in [3.63, 3.8) is 0 Å². The third-order valence-corrected chi connectivity index (χ3v) is 1.62. The van der Waals surface area contributed by atoms with E-state index in [4.69, 9.17) is 5.73 Å². The van der Waals surface area contributed by atoms with Crippen LogP contribution >= 0.6 is 0 Å². The number of hydrogen-bond donors (Lipinski definition) is 1. The molecule has 0 unspecified atom stereocenters. The standard InChI is InChI=1S/C5H13N.C5H12.C2H4/c1-2-3-4-5-6;1-4-5(2)3;1-2/h2-6H2,1H3;5H,4H2,1-3H3;1-2H2. The first-order valence-corrected chi connectivity index (χ1v) is 5.39. The van der Waals surface area contributed by atoms with Crippen molar-refractivity contribution in [3.8, 4) is 0 Å². The van der Waals surface area contributed by atoms with Gasteiger partial charge in [0.05, 0.1) is 0 Å². The van der Waals surface area contributed by atoms with Gasteiger partial charge in [-0.1, -0.05) is 47.0 Å². The Kier molecular flexibility index (Phi) is 32.1. The van der Waals surface area contributed by atoms with Gasteiger partial charge in [-0.2, -0.15) is 0 Å². The number of nitrogens with two attached hydrogens (primary N) is 1. The van der Waals surface area contributed by atoms with Crippen molar-refractivity contribution in [1.82, 2.24) is 0 Å². The first-order chi connectivity index (χ1) is 6.18. The van der Waals surface area contributed by atoms with E-state index < -0.39 is 0 Å². The molecule has 2 N–H and O–H groups in total. The summed E-state index contributed by atoms with van der Waals surface area (Å²) in [4.78, 5) is 0. The van der Waals surface area contributed by atoms with Crippen LogP contribution in [0.1, 0.15) is 53.4 Å². The molecule has 0 aliphatic heterocycles. The van der Waals surface area contributed by atoms with Crippen LogP contribution < -0.4 is 5.73 Å². The van der Waals surface area contributed by atoms with E-state index in [0.29, 0.717) is 0 Å². The quantitative estimate of drug-likeness (QED) is 0.522. The summed E-state index contributed by atoms with van der Waals surface area (Å²) < 4.78 is 0. The Balaban J connectivity index is -0.000000131. The smallest absolute Gasteiger partial charge is 0.00773 e.